The smallest absolute Gasteiger partial charge is 0.138 e. The van der Waals surface area contributed by atoms with Gasteiger partial charge in [-0.3, -0.25) is 0 Å². The van der Waals surface area contributed by atoms with Crippen LogP contribution in [-0.2, 0) is 0 Å². The van der Waals surface area contributed by atoms with Gasteiger partial charge in [0.25, 0.3) is 0 Å². The number of rotatable bonds is 3. The van der Waals surface area contributed by atoms with Crippen LogP contribution in [0.3, 0.4) is 0 Å². The van der Waals surface area contributed by atoms with Gasteiger partial charge in [0, 0.05) is 24.9 Å². The largest absolute Gasteiger partial charge is 0.372 e. The SMILES string of the molecule is CC.CNc1nc(C(C)C)ncc1C(C)=N. The van der Waals surface area contributed by atoms with Gasteiger partial charge in [0.1, 0.15) is 11.6 Å². The normalized spacial score (nSPS) is 9.44. The molecule has 0 amide bonds. The summed E-state index contributed by atoms with van der Waals surface area (Å²) in [5.41, 5.74) is 1.24. The predicted octanol–water partition coefficient (Wildman–Crippen LogP) is 3.06. The van der Waals surface area contributed by atoms with E-state index >= 15 is 0 Å². The molecule has 0 aliphatic heterocycles. The van der Waals surface area contributed by atoms with Crippen molar-refractivity contribution in [1.29, 1.82) is 5.41 Å². The highest BCUT2D eigenvalue weighted by atomic mass is 15.0. The fourth-order valence-electron chi connectivity index (χ4n) is 1.14. The number of hydrogen-bond acceptors (Lipinski definition) is 4. The maximum Gasteiger partial charge on any atom is 0.138 e. The molecule has 2 N–H and O–H groups in total. The minimum atomic E-state index is 0.308. The molecule has 4 heteroatoms. The summed E-state index contributed by atoms with van der Waals surface area (Å²) in [7, 11) is 1.80. The van der Waals surface area contributed by atoms with E-state index in [-0.39, 0.29) is 0 Å². The number of aromatic nitrogens is 2. The van der Waals surface area contributed by atoms with E-state index in [0.29, 0.717) is 11.6 Å². The molecule has 0 atom stereocenters. The quantitative estimate of drug-likeness (QED) is 0.773. The van der Waals surface area contributed by atoms with Crippen molar-refractivity contribution in [2.24, 2.45) is 0 Å². The zero-order chi connectivity index (χ0) is 12.7. The van der Waals surface area contributed by atoms with Crippen molar-refractivity contribution in [3.63, 3.8) is 0 Å². The van der Waals surface area contributed by atoms with Crippen molar-refractivity contribution in [2.75, 3.05) is 12.4 Å². The van der Waals surface area contributed by atoms with Gasteiger partial charge in [-0.15, -0.1) is 0 Å². The molecule has 1 aromatic rings. The van der Waals surface area contributed by atoms with Gasteiger partial charge in [0.2, 0.25) is 0 Å². The summed E-state index contributed by atoms with van der Waals surface area (Å²) < 4.78 is 0. The zero-order valence-corrected chi connectivity index (χ0v) is 11.0. The molecule has 0 aliphatic carbocycles. The van der Waals surface area contributed by atoms with E-state index in [0.717, 1.165) is 17.2 Å². The Balaban J connectivity index is 0.00000106. The lowest BCUT2D eigenvalue weighted by Crippen LogP contribution is -2.07. The maximum atomic E-state index is 7.54. The average Bonchev–Trinajstić information content (AvgIpc) is 2.30. The Morgan fingerprint density at radius 2 is 1.94 bits per heavy atom. The summed E-state index contributed by atoms with van der Waals surface area (Å²) in [6, 6.07) is 0. The van der Waals surface area contributed by atoms with Crippen LogP contribution in [0.4, 0.5) is 5.82 Å². The van der Waals surface area contributed by atoms with Gasteiger partial charge in [-0.25, -0.2) is 9.97 Å². The van der Waals surface area contributed by atoms with Gasteiger partial charge in [0.05, 0.1) is 5.56 Å². The first kappa shape index (κ1) is 14.6. The molecular weight excluding hydrogens is 200 g/mol. The third kappa shape index (κ3) is 3.61. The van der Waals surface area contributed by atoms with Crippen LogP contribution in [0, 0.1) is 5.41 Å². The van der Waals surface area contributed by atoms with E-state index in [2.05, 4.69) is 15.3 Å². The molecule has 0 radical (unpaired) electrons. The van der Waals surface area contributed by atoms with Gasteiger partial charge >= 0.3 is 0 Å². The maximum absolute atomic E-state index is 7.54. The van der Waals surface area contributed by atoms with Gasteiger partial charge in [0.15, 0.2) is 0 Å². The van der Waals surface area contributed by atoms with E-state index in [1.807, 2.05) is 27.7 Å². The highest BCUT2D eigenvalue weighted by Gasteiger charge is 2.09. The lowest BCUT2D eigenvalue weighted by molar-refractivity contribution is 0.775. The molecule has 0 aromatic carbocycles. The van der Waals surface area contributed by atoms with Crippen LogP contribution in [0.25, 0.3) is 0 Å². The van der Waals surface area contributed by atoms with E-state index in [1.54, 1.807) is 20.2 Å². The van der Waals surface area contributed by atoms with Crippen molar-refractivity contribution in [1.82, 2.24) is 9.97 Å². The zero-order valence-electron chi connectivity index (χ0n) is 11.0. The van der Waals surface area contributed by atoms with Crippen molar-refractivity contribution >= 4 is 11.5 Å². The monoisotopic (exact) mass is 222 g/mol. The van der Waals surface area contributed by atoms with Crippen LogP contribution in [0.1, 0.15) is 51.9 Å². The van der Waals surface area contributed by atoms with Gasteiger partial charge in [-0.05, 0) is 6.92 Å². The minimum absolute atomic E-state index is 0.308. The van der Waals surface area contributed by atoms with E-state index < -0.39 is 0 Å². The van der Waals surface area contributed by atoms with Crippen LogP contribution in [0.5, 0.6) is 0 Å². The van der Waals surface area contributed by atoms with Crippen molar-refractivity contribution < 1.29 is 0 Å². The second kappa shape index (κ2) is 6.93. The first-order valence-corrected chi connectivity index (χ1v) is 5.66. The summed E-state index contributed by atoms with van der Waals surface area (Å²) in [5.74, 6) is 1.85. The Kier molecular flexibility index (Phi) is 6.30. The predicted molar refractivity (Wildman–Crippen MR) is 69.5 cm³/mol. The van der Waals surface area contributed by atoms with Gasteiger partial charge in [-0.2, -0.15) is 0 Å². The van der Waals surface area contributed by atoms with E-state index in [4.69, 9.17) is 5.41 Å². The Morgan fingerprint density at radius 3 is 2.31 bits per heavy atom. The summed E-state index contributed by atoms with van der Waals surface area (Å²) in [6.07, 6.45) is 1.70. The summed E-state index contributed by atoms with van der Waals surface area (Å²) in [4.78, 5) is 8.56. The van der Waals surface area contributed by atoms with Crippen molar-refractivity contribution in [3.05, 3.63) is 17.6 Å². The van der Waals surface area contributed by atoms with Crippen molar-refractivity contribution in [2.45, 2.75) is 40.5 Å². The molecule has 0 fully saturated rings. The summed E-state index contributed by atoms with van der Waals surface area (Å²) in [5, 5.41) is 10.5. The van der Waals surface area contributed by atoms with Crippen molar-refractivity contribution in [3.8, 4) is 0 Å². The molecule has 0 bridgehead atoms. The van der Waals surface area contributed by atoms with Crippen LogP contribution < -0.4 is 5.32 Å². The summed E-state index contributed by atoms with van der Waals surface area (Å²) >= 11 is 0. The molecule has 0 spiro atoms. The Hall–Kier alpha value is -1.45. The molecule has 16 heavy (non-hydrogen) atoms. The molecule has 1 rings (SSSR count). The highest BCUT2D eigenvalue weighted by Crippen LogP contribution is 2.15. The fourth-order valence-corrected chi connectivity index (χ4v) is 1.14. The average molecular weight is 222 g/mol. The van der Waals surface area contributed by atoms with Crippen LogP contribution in [0.2, 0.25) is 0 Å². The molecular formula is C12H22N4. The van der Waals surface area contributed by atoms with E-state index in [1.165, 1.54) is 0 Å². The second-order valence-corrected chi connectivity index (χ2v) is 3.52. The lowest BCUT2D eigenvalue weighted by Gasteiger charge is -2.09. The summed E-state index contributed by atoms with van der Waals surface area (Å²) in [6.45, 7) is 9.83. The van der Waals surface area contributed by atoms with Gasteiger partial charge in [-0.1, -0.05) is 27.7 Å². The third-order valence-electron chi connectivity index (χ3n) is 1.96. The molecule has 1 heterocycles. The molecule has 0 saturated carbocycles. The molecule has 1 aromatic heterocycles. The molecule has 4 nitrogen and oxygen atoms in total. The molecule has 0 saturated heterocycles. The Bertz CT molecular complexity index is 345. The first-order valence-electron chi connectivity index (χ1n) is 5.66. The van der Waals surface area contributed by atoms with Gasteiger partial charge < -0.3 is 10.7 Å². The number of anilines is 1. The Morgan fingerprint density at radius 1 is 1.38 bits per heavy atom. The standard InChI is InChI=1S/C10H16N4.C2H6/c1-6(2)9-13-5-8(7(3)11)10(12-4)14-9;1-2/h5-6,11H,1-4H3,(H,12,13,14);1-2H3. The molecule has 0 aliphatic rings. The fraction of sp³-hybridized carbons (Fsp3) is 0.583. The third-order valence-corrected chi connectivity index (χ3v) is 1.96. The minimum Gasteiger partial charge on any atom is -0.372 e. The molecule has 0 unspecified atom stereocenters. The first-order chi connectivity index (χ1) is 7.56. The lowest BCUT2D eigenvalue weighted by atomic mass is 10.1. The number of nitrogens with one attached hydrogen (secondary N) is 2. The topological polar surface area (TPSA) is 61.7 Å². The molecule has 90 valence electrons. The highest BCUT2D eigenvalue weighted by molar-refractivity contribution is 6.00. The van der Waals surface area contributed by atoms with E-state index in [9.17, 15) is 0 Å². The van der Waals surface area contributed by atoms with Crippen LogP contribution in [0.15, 0.2) is 6.20 Å². The van der Waals surface area contributed by atoms with Crippen LogP contribution >= 0.6 is 0 Å². The second-order valence-electron chi connectivity index (χ2n) is 3.52. The van der Waals surface area contributed by atoms with Crippen LogP contribution in [-0.4, -0.2) is 22.7 Å². The number of nitrogens with zero attached hydrogens (tertiary/aromatic N) is 2. The number of hydrogen-bond donors (Lipinski definition) is 2. The Labute approximate surface area is 98.0 Å².